The molecule has 0 radical (unpaired) electrons. The number of aromatic nitrogens is 2. The fourth-order valence-corrected chi connectivity index (χ4v) is 1.33. The Hall–Kier alpha value is -1.38. The van der Waals surface area contributed by atoms with E-state index in [1.165, 1.54) is 0 Å². The van der Waals surface area contributed by atoms with Crippen molar-refractivity contribution in [2.24, 2.45) is 18.0 Å². The molecule has 1 aromatic heterocycles. The first-order valence-electron chi connectivity index (χ1n) is 4.01. The maximum atomic E-state index is 4.27. The summed E-state index contributed by atoms with van der Waals surface area (Å²) >= 11 is 0. The van der Waals surface area contributed by atoms with Crippen LogP contribution < -0.4 is 0 Å². The van der Waals surface area contributed by atoms with Crippen LogP contribution in [0.4, 0.5) is 0 Å². The van der Waals surface area contributed by atoms with Gasteiger partial charge in [-0.15, -0.1) is 0 Å². The fraction of sp³-hybridized carbons (Fsp3) is 0.333. The van der Waals surface area contributed by atoms with Crippen LogP contribution in [-0.4, -0.2) is 15.3 Å². The summed E-state index contributed by atoms with van der Waals surface area (Å²) in [6.07, 6.45) is 7.64. The molecule has 0 N–H and O–H groups in total. The SMILES string of the molecule is CC1C=CN=C1c1nccn1C. The summed E-state index contributed by atoms with van der Waals surface area (Å²) in [7, 11) is 1.98. The van der Waals surface area contributed by atoms with Gasteiger partial charge in [0.25, 0.3) is 0 Å². The van der Waals surface area contributed by atoms with E-state index in [0.29, 0.717) is 5.92 Å². The van der Waals surface area contributed by atoms with Gasteiger partial charge in [0.2, 0.25) is 0 Å². The van der Waals surface area contributed by atoms with Gasteiger partial charge >= 0.3 is 0 Å². The quantitative estimate of drug-likeness (QED) is 0.611. The molecule has 2 heterocycles. The first-order chi connectivity index (χ1) is 5.79. The number of hydrogen-bond donors (Lipinski definition) is 0. The first-order valence-corrected chi connectivity index (χ1v) is 4.01. The summed E-state index contributed by atoms with van der Waals surface area (Å²) < 4.78 is 1.99. The lowest BCUT2D eigenvalue weighted by atomic mass is 10.1. The second-order valence-corrected chi connectivity index (χ2v) is 3.01. The summed E-state index contributed by atoms with van der Waals surface area (Å²) in [4.78, 5) is 8.51. The van der Waals surface area contributed by atoms with Gasteiger partial charge in [-0.3, -0.25) is 4.99 Å². The average molecular weight is 161 g/mol. The molecule has 62 valence electrons. The molecule has 2 rings (SSSR count). The number of allylic oxidation sites excluding steroid dienone is 1. The monoisotopic (exact) mass is 161 g/mol. The van der Waals surface area contributed by atoms with Gasteiger partial charge in [0.15, 0.2) is 5.82 Å². The lowest BCUT2D eigenvalue weighted by Gasteiger charge is -2.05. The maximum absolute atomic E-state index is 4.27. The first kappa shape index (κ1) is 7.28. The van der Waals surface area contributed by atoms with E-state index in [2.05, 4.69) is 23.0 Å². The second kappa shape index (κ2) is 2.59. The Bertz CT molecular complexity index is 346. The van der Waals surface area contributed by atoms with Crippen LogP contribution in [0, 0.1) is 5.92 Å². The van der Waals surface area contributed by atoms with Gasteiger partial charge in [-0.25, -0.2) is 4.98 Å². The number of aryl methyl sites for hydroxylation is 1. The van der Waals surface area contributed by atoms with E-state index in [-0.39, 0.29) is 0 Å². The molecule has 3 heteroatoms. The normalized spacial score (nSPS) is 21.5. The molecule has 1 aromatic rings. The Morgan fingerprint density at radius 1 is 1.50 bits per heavy atom. The van der Waals surface area contributed by atoms with Crippen LogP contribution in [0.5, 0.6) is 0 Å². The van der Waals surface area contributed by atoms with Gasteiger partial charge in [-0.2, -0.15) is 0 Å². The van der Waals surface area contributed by atoms with Crippen molar-refractivity contribution in [2.75, 3.05) is 0 Å². The molecule has 3 nitrogen and oxygen atoms in total. The molecule has 0 aliphatic carbocycles. The Labute approximate surface area is 71.5 Å². The lowest BCUT2D eigenvalue weighted by molar-refractivity contribution is 0.876. The second-order valence-electron chi connectivity index (χ2n) is 3.01. The molecular weight excluding hydrogens is 150 g/mol. The highest BCUT2D eigenvalue weighted by Crippen LogP contribution is 2.14. The zero-order valence-corrected chi connectivity index (χ0v) is 7.23. The fourth-order valence-electron chi connectivity index (χ4n) is 1.33. The Morgan fingerprint density at radius 3 is 2.83 bits per heavy atom. The maximum Gasteiger partial charge on any atom is 0.154 e. The van der Waals surface area contributed by atoms with Crippen molar-refractivity contribution < 1.29 is 0 Å². The molecule has 1 aliphatic rings. The average Bonchev–Trinajstić information content (AvgIpc) is 2.59. The van der Waals surface area contributed by atoms with Gasteiger partial charge in [-0.1, -0.05) is 13.0 Å². The molecule has 0 amide bonds. The van der Waals surface area contributed by atoms with Gasteiger partial charge in [-0.05, 0) is 0 Å². The summed E-state index contributed by atoms with van der Waals surface area (Å²) in [6, 6.07) is 0. The molecular formula is C9H11N3. The van der Waals surface area contributed by atoms with E-state index < -0.39 is 0 Å². The number of imidazole rings is 1. The van der Waals surface area contributed by atoms with E-state index in [1.807, 2.05) is 24.0 Å². The van der Waals surface area contributed by atoms with Gasteiger partial charge in [0.1, 0.15) is 0 Å². The summed E-state index contributed by atoms with van der Waals surface area (Å²) in [5.41, 5.74) is 1.06. The molecule has 0 saturated heterocycles. The van der Waals surface area contributed by atoms with Crippen LogP contribution in [0.3, 0.4) is 0 Å². The van der Waals surface area contributed by atoms with E-state index >= 15 is 0 Å². The molecule has 12 heavy (non-hydrogen) atoms. The van der Waals surface area contributed by atoms with E-state index in [9.17, 15) is 0 Å². The van der Waals surface area contributed by atoms with Crippen LogP contribution in [0.25, 0.3) is 0 Å². The third kappa shape index (κ3) is 0.978. The highest BCUT2D eigenvalue weighted by atomic mass is 15.1. The van der Waals surface area contributed by atoms with Crippen LogP contribution >= 0.6 is 0 Å². The van der Waals surface area contributed by atoms with Crippen molar-refractivity contribution >= 4 is 5.71 Å². The minimum absolute atomic E-state index is 0.395. The molecule has 1 atom stereocenters. The predicted octanol–water partition coefficient (Wildman–Crippen LogP) is 1.37. The topological polar surface area (TPSA) is 30.2 Å². The van der Waals surface area contributed by atoms with Crippen molar-refractivity contribution in [3.05, 3.63) is 30.5 Å². The van der Waals surface area contributed by atoms with Crippen molar-refractivity contribution in [3.8, 4) is 0 Å². The third-order valence-electron chi connectivity index (χ3n) is 2.07. The minimum Gasteiger partial charge on any atom is -0.333 e. The van der Waals surface area contributed by atoms with Gasteiger partial charge < -0.3 is 4.57 Å². The summed E-state index contributed by atoms with van der Waals surface area (Å²) in [6.45, 7) is 2.12. The molecule has 0 bridgehead atoms. The minimum atomic E-state index is 0.395. The standard InChI is InChI=1S/C9H11N3/c1-7-3-4-10-8(7)9-11-5-6-12(9)2/h3-7H,1-2H3. The molecule has 1 aliphatic heterocycles. The molecule has 0 fully saturated rings. The van der Waals surface area contributed by atoms with Crippen molar-refractivity contribution in [1.29, 1.82) is 0 Å². The summed E-state index contributed by atoms with van der Waals surface area (Å²) in [5.74, 6) is 1.36. The van der Waals surface area contributed by atoms with E-state index in [0.717, 1.165) is 11.5 Å². The smallest absolute Gasteiger partial charge is 0.154 e. The predicted molar refractivity (Wildman–Crippen MR) is 48.0 cm³/mol. The number of aliphatic imine (C=N–C) groups is 1. The van der Waals surface area contributed by atoms with Crippen LogP contribution in [0.2, 0.25) is 0 Å². The van der Waals surface area contributed by atoms with E-state index in [4.69, 9.17) is 0 Å². The Kier molecular flexibility index (Phi) is 1.57. The van der Waals surface area contributed by atoms with Crippen LogP contribution in [0.15, 0.2) is 29.7 Å². The molecule has 0 aromatic carbocycles. The number of rotatable bonds is 1. The van der Waals surface area contributed by atoms with Gasteiger partial charge in [0.05, 0.1) is 5.71 Å². The van der Waals surface area contributed by atoms with Crippen LogP contribution in [0.1, 0.15) is 12.7 Å². The Morgan fingerprint density at radius 2 is 2.33 bits per heavy atom. The lowest BCUT2D eigenvalue weighted by Crippen LogP contribution is -2.12. The van der Waals surface area contributed by atoms with Crippen molar-refractivity contribution in [1.82, 2.24) is 9.55 Å². The number of nitrogens with zero attached hydrogens (tertiary/aromatic N) is 3. The highest BCUT2D eigenvalue weighted by molar-refractivity contribution is 6.01. The number of hydrogen-bond acceptors (Lipinski definition) is 2. The highest BCUT2D eigenvalue weighted by Gasteiger charge is 2.16. The zero-order valence-electron chi connectivity index (χ0n) is 7.23. The molecule has 1 unspecified atom stereocenters. The zero-order chi connectivity index (χ0) is 8.55. The summed E-state index contributed by atoms with van der Waals surface area (Å²) in [5, 5.41) is 0. The van der Waals surface area contributed by atoms with Gasteiger partial charge in [0, 0.05) is 31.6 Å². The van der Waals surface area contributed by atoms with Crippen molar-refractivity contribution in [3.63, 3.8) is 0 Å². The third-order valence-corrected chi connectivity index (χ3v) is 2.07. The van der Waals surface area contributed by atoms with Crippen molar-refractivity contribution in [2.45, 2.75) is 6.92 Å². The van der Waals surface area contributed by atoms with Crippen LogP contribution in [-0.2, 0) is 7.05 Å². The Balaban J connectivity index is 2.39. The van der Waals surface area contributed by atoms with E-state index in [1.54, 1.807) is 6.20 Å². The largest absolute Gasteiger partial charge is 0.333 e. The molecule has 0 spiro atoms. The molecule has 0 saturated carbocycles.